The highest BCUT2D eigenvalue weighted by Gasteiger charge is 2.28. The van der Waals surface area contributed by atoms with Crippen LogP contribution in [0.4, 0.5) is 11.5 Å². The first-order valence-corrected chi connectivity index (χ1v) is 5.55. The molecule has 2 heterocycles. The molecule has 17 heavy (non-hydrogen) atoms. The molecule has 1 aliphatic rings. The summed E-state index contributed by atoms with van der Waals surface area (Å²) in [5.74, 6) is 0.224. The number of rotatable bonds is 2. The third-order valence-electron chi connectivity index (χ3n) is 2.70. The number of halogens is 1. The molecule has 1 aromatic rings. The second-order valence-corrected chi connectivity index (χ2v) is 4.17. The zero-order valence-corrected chi connectivity index (χ0v) is 9.67. The maximum Gasteiger partial charge on any atom is 0.348 e. The molecule has 0 radical (unpaired) electrons. The fourth-order valence-electron chi connectivity index (χ4n) is 1.81. The maximum absolute atomic E-state index is 10.9. The van der Waals surface area contributed by atoms with Gasteiger partial charge in [0.05, 0.1) is 11.0 Å². The lowest BCUT2D eigenvalue weighted by Crippen LogP contribution is -2.36. The number of piperidine rings is 1. The molecule has 7 nitrogen and oxygen atoms in total. The lowest BCUT2D eigenvalue weighted by Gasteiger charge is -2.29. The summed E-state index contributed by atoms with van der Waals surface area (Å²) < 4.78 is 0. The predicted molar refractivity (Wildman–Crippen MR) is 61.2 cm³/mol. The smallest absolute Gasteiger partial charge is 0.348 e. The molecule has 1 saturated heterocycles. The van der Waals surface area contributed by atoms with Gasteiger partial charge in [-0.15, -0.1) is 0 Å². The first kappa shape index (κ1) is 12.0. The molecular formula is C9H11ClN4O3. The lowest BCUT2D eigenvalue weighted by atomic mass is 10.1. The van der Waals surface area contributed by atoms with Crippen LogP contribution in [0.15, 0.2) is 6.33 Å². The Morgan fingerprint density at radius 1 is 1.47 bits per heavy atom. The van der Waals surface area contributed by atoms with Crippen molar-refractivity contribution in [3.63, 3.8) is 0 Å². The Bertz CT molecular complexity index is 434. The highest BCUT2D eigenvalue weighted by atomic mass is 35.5. The summed E-state index contributed by atoms with van der Waals surface area (Å²) in [5, 5.41) is 20.1. The van der Waals surface area contributed by atoms with E-state index in [1.807, 2.05) is 0 Å². The highest BCUT2D eigenvalue weighted by Crippen LogP contribution is 2.32. The van der Waals surface area contributed by atoms with Crippen LogP contribution in [0.2, 0.25) is 5.15 Å². The lowest BCUT2D eigenvalue weighted by molar-refractivity contribution is -0.384. The summed E-state index contributed by atoms with van der Waals surface area (Å²) in [5.41, 5.74) is -0.273. The summed E-state index contributed by atoms with van der Waals surface area (Å²) in [6.45, 7) is 1.05. The molecule has 8 heteroatoms. The van der Waals surface area contributed by atoms with Gasteiger partial charge in [0.25, 0.3) is 0 Å². The van der Waals surface area contributed by atoms with Crippen molar-refractivity contribution in [3.8, 4) is 0 Å². The Kier molecular flexibility index (Phi) is 3.39. The van der Waals surface area contributed by atoms with Gasteiger partial charge in [0.1, 0.15) is 6.33 Å². The van der Waals surface area contributed by atoms with E-state index in [1.54, 1.807) is 4.90 Å². The van der Waals surface area contributed by atoms with Crippen molar-refractivity contribution < 1.29 is 10.0 Å². The number of anilines is 1. The molecule has 0 aromatic carbocycles. The van der Waals surface area contributed by atoms with Gasteiger partial charge in [-0.25, -0.2) is 9.97 Å². The van der Waals surface area contributed by atoms with Gasteiger partial charge < -0.3 is 10.0 Å². The zero-order chi connectivity index (χ0) is 12.4. The molecule has 92 valence electrons. The van der Waals surface area contributed by atoms with Crippen molar-refractivity contribution in [1.82, 2.24) is 9.97 Å². The minimum Gasteiger partial charge on any atom is -0.393 e. The topological polar surface area (TPSA) is 92.4 Å². The normalized spacial score (nSPS) is 17.2. The Labute approximate surface area is 102 Å². The van der Waals surface area contributed by atoms with E-state index >= 15 is 0 Å². The van der Waals surface area contributed by atoms with Crippen molar-refractivity contribution in [2.45, 2.75) is 18.9 Å². The predicted octanol–water partition coefficient (Wildman–Crippen LogP) is 0.999. The van der Waals surface area contributed by atoms with Crippen molar-refractivity contribution in [2.75, 3.05) is 18.0 Å². The van der Waals surface area contributed by atoms with E-state index in [2.05, 4.69) is 9.97 Å². The molecular weight excluding hydrogens is 248 g/mol. The molecule has 1 aromatic heterocycles. The minimum absolute atomic E-state index is 0.161. The van der Waals surface area contributed by atoms with Gasteiger partial charge in [-0.2, -0.15) is 0 Å². The second-order valence-electron chi connectivity index (χ2n) is 3.81. The van der Waals surface area contributed by atoms with Crippen LogP contribution in [0, 0.1) is 10.1 Å². The first-order chi connectivity index (χ1) is 8.09. The zero-order valence-electron chi connectivity index (χ0n) is 8.91. The van der Waals surface area contributed by atoms with Gasteiger partial charge in [-0.1, -0.05) is 11.6 Å². The first-order valence-electron chi connectivity index (χ1n) is 5.17. The SMILES string of the molecule is O=[N+]([O-])c1c(Cl)ncnc1N1CCC(O)CC1. The monoisotopic (exact) mass is 258 g/mol. The maximum atomic E-state index is 10.9. The molecule has 1 aliphatic heterocycles. The quantitative estimate of drug-likeness (QED) is 0.483. The Morgan fingerprint density at radius 3 is 2.71 bits per heavy atom. The fourth-order valence-corrected chi connectivity index (χ4v) is 2.01. The molecule has 0 atom stereocenters. The number of aliphatic hydroxyl groups excluding tert-OH is 1. The van der Waals surface area contributed by atoms with Crippen LogP contribution in [0.5, 0.6) is 0 Å². The minimum atomic E-state index is -0.581. The van der Waals surface area contributed by atoms with E-state index in [9.17, 15) is 15.2 Å². The molecule has 0 unspecified atom stereocenters. The largest absolute Gasteiger partial charge is 0.393 e. The number of hydrogen-bond donors (Lipinski definition) is 1. The Hall–Kier alpha value is -1.47. The van der Waals surface area contributed by atoms with Crippen LogP contribution in [0.25, 0.3) is 0 Å². The van der Waals surface area contributed by atoms with Crippen LogP contribution >= 0.6 is 11.6 Å². The molecule has 1 fully saturated rings. The molecule has 1 N–H and O–H groups in total. The summed E-state index contributed by atoms with van der Waals surface area (Å²) >= 11 is 5.70. The number of nitrogens with zero attached hydrogens (tertiary/aromatic N) is 4. The van der Waals surface area contributed by atoms with E-state index in [1.165, 1.54) is 6.33 Å². The van der Waals surface area contributed by atoms with Crippen LogP contribution in [0.3, 0.4) is 0 Å². The van der Waals surface area contributed by atoms with Crippen molar-refractivity contribution in [3.05, 3.63) is 21.6 Å². The molecule has 2 rings (SSSR count). The van der Waals surface area contributed by atoms with E-state index in [-0.39, 0.29) is 22.8 Å². The van der Waals surface area contributed by atoms with Gasteiger partial charge in [0.15, 0.2) is 0 Å². The number of aliphatic hydroxyl groups is 1. The van der Waals surface area contributed by atoms with Gasteiger partial charge in [-0.05, 0) is 12.8 Å². The van der Waals surface area contributed by atoms with Gasteiger partial charge >= 0.3 is 5.69 Å². The van der Waals surface area contributed by atoms with Crippen molar-refractivity contribution in [1.29, 1.82) is 0 Å². The number of aromatic nitrogens is 2. The molecule has 0 aliphatic carbocycles. The van der Waals surface area contributed by atoms with Crippen molar-refractivity contribution >= 4 is 23.1 Å². The Balaban J connectivity index is 2.32. The number of hydrogen-bond acceptors (Lipinski definition) is 6. The third-order valence-corrected chi connectivity index (χ3v) is 2.98. The van der Waals surface area contributed by atoms with Gasteiger partial charge in [0, 0.05) is 13.1 Å². The van der Waals surface area contributed by atoms with Crippen LogP contribution < -0.4 is 4.90 Å². The van der Waals surface area contributed by atoms with Gasteiger partial charge in [0.2, 0.25) is 11.0 Å². The second kappa shape index (κ2) is 4.80. The summed E-state index contributed by atoms with van der Waals surface area (Å²) in [6, 6.07) is 0. The van der Waals surface area contributed by atoms with Gasteiger partial charge in [-0.3, -0.25) is 10.1 Å². The molecule has 0 amide bonds. The van der Waals surface area contributed by atoms with Crippen LogP contribution in [-0.4, -0.2) is 39.2 Å². The summed E-state index contributed by atoms with van der Waals surface area (Å²) in [4.78, 5) is 19.6. The molecule has 0 spiro atoms. The van der Waals surface area contributed by atoms with E-state index in [0.717, 1.165) is 0 Å². The average Bonchev–Trinajstić information content (AvgIpc) is 2.29. The van der Waals surface area contributed by atoms with Crippen LogP contribution in [-0.2, 0) is 0 Å². The summed E-state index contributed by atoms with van der Waals surface area (Å²) in [6.07, 6.45) is 2.00. The van der Waals surface area contributed by atoms with E-state index in [4.69, 9.17) is 11.6 Å². The van der Waals surface area contributed by atoms with Crippen molar-refractivity contribution in [2.24, 2.45) is 0 Å². The molecule has 0 bridgehead atoms. The fraction of sp³-hybridized carbons (Fsp3) is 0.556. The average molecular weight is 259 g/mol. The summed E-state index contributed by atoms with van der Waals surface area (Å²) in [7, 11) is 0. The molecule has 0 saturated carbocycles. The standard InChI is InChI=1S/C9H11ClN4O3/c10-8-7(14(16)17)9(12-5-11-8)13-3-1-6(15)2-4-13/h5-6,15H,1-4H2. The third kappa shape index (κ3) is 2.45. The highest BCUT2D eigenvalue weighted by molar-refractivity contribution is 6.31. The van der Waals surface area contributed by atoms with E-state index in [0.29, 0.717) is 25.9 Å². The Morgan fingerprint density at radius 2 is 2.12 bits per heavy atom. The van der Waals surface area contributed by atoms with E-state index < -0.39 is 4.92 Å². The number of nitro groups is 1. The van der Waals surface area contributed by atoms with Crippen LogP contribution in [0.1, 0.15) is 12.8 Å².